The molecule has 0 aliphatic rings. The molecule has 1 aromatic rings. The van der Waals surface area contributed by atoms with E-state index < -0.39 is 15.9 Å². The zero-order chi connectivity index (χ0) is 14.6. The van der Waals surface area contributed by atoms with Crippen LogP contribution in [0.2, 0.25) is 0 Å². The number of nitrogens with zero attached hydrogens (tertiary/aromatic N) is 1. The molecule has 0 saturated heterocycles. The Morgan fingerprint density at radius 3 is 2.47 bits per heavy atom. The van der Waals surface area contributed by atoms with Crippen LogP contribution in [-0.2, 0) is 14.6 Å². The van der Waals surface area contributed by atoms with Crippen molar-refractivity contribution in [3.63, 3.8) is 0 Å². The van der Waals surface area contributed by atoms with E-state index in [1.165, 1.54) is 18.3 Å². The Morgan fingerprint density at radius 2 is 2.05 bits per heavy atom. The molecule has 0 aromatic carbocycles. The monoisotopic (exact) mass is 285 g/mol. The lowest BCUT2D eigenvalue weighted by molar-refractivity contribution is -0.117. The first-order chi connectivity index (χ1) is 8.70. The maximum atomic E-state index is 11.7. The van der Waals surface area contributed by atoms with Crippen LogP contribution in [0.15, 0.2) is 23.4 Å². The standard InChI is InChI=1S/C12H19N3O3S/c1-8(2)6-10(13)12(16)15-9-4-5-11(14-7-9)19(3,17)18/h4-5,7-8,10H,6,13H2,1-3H3,(H,15,16)/t10-/m0/s1. The molecule has 0 bridgehead atoms. The first-order valence-corrected chi connectivity index (χ1v) is 7.82. The number of nitrogens with two attached hydrogens (primary N) is 1. The molecule has 7 heteroatoms. The first kappa shape index (κ1) is 15.6. The summed E-state index contributed by atoms with van der Waals surface area (Å²) in [6, 6.07) is 2.25. The van der Waals surface area contributed by atoms with Crippen LogP contribution in [-0.4, -0.2) is 31.6 Å². The highest BCUT2D eigenvalue weighted by Gasteiger charge is 2.15. The van der Waals surface area contributed by atoms with Crippen molar-refractivity contribution in [1.29, 1.82) is 0 Å². The molecule has 0 radical (unpaired) electrons. The van der Waals surface area contributed by atoms with Crippen molar-refractivity contribution >= 4 is 21.4 Å². The summed E-state index contributed by atoms with van der Waals surface area (Å²) in [6.07, 6.45) is 2.96. The van der Waals surface area contributed by atoms with Crippen LogP contribution in [0.4, 0.5) is 5.69 Å². The lowest BCUT2D eigenvalue weighted by Crippen LogP contribution is -2.36. The average molecular weight is 285 g/mol. The number of hydrogen-bond acceptors (Lipinski definition) is 5. The Hall–Kier alpha value is -1.47. The number of sulfone groups is 1. The Morgan fingerprint density at radius 1 is 1.42 bits per heavy atom. The summed E-state index contributed by atoms with van der Waals surface area (Å²) < 4.78 is 22.5. The Kier molecular flexibility index (Phi) is 5.02. The van der Waals surface area contributed by atoms with E-state index in [2.05, 4.69) is 10.3 Å². The number of anilines is 1. The molecule has 1 atom stereocenters. The summed E-state index contributed by atoms with van der Waals surface area (Å²) in [5.74, 6) is 0.0223. The number of nitrogens with one attached hydrogen (secondary N) is 1. The van der Waals surface area contributed by atoms with E-state index in [-0.39, 0.29) is 10.9 Å². The SMILES string of the molecule is CC(C)C[C@H](N)C(=O)Nc1ccc(S(C)(=O)=O)nc1. The van der Waals surface area contributed by atoms with E-state index in [9.17, 15) is 13.2 Å². The van der Waals surface area contributed by atoms with E-state index in [1.807, 2.05) is 13.8 Å². The molecule has 0 spiro atoms. The van der Waals surface area contributed by atoms with Crippen LogP contribution < -0.4 is 11.1 Å². The molecule has 0 fully saturated rings. The number of aromatic nitrogens is 1. The van der Waals surface area contributed by atoms with E-state index in [4.69, 9.17) is 5.73 Å². The van der Waals surface area contributed by atoms with Crippen molar-refractivity contribution in [2.24, 2.45) is 11.7 Å². The number of amides is 1. The van der Waals surface area contributed by atoms with Crippen molar-refractivity contribution in [2.75, 3.05) is 11.6 Å². The zero-order valence-electron chi connectivity index (χ0n) is 11.3. The van der Waals surface area contributed by atoms with Gasteiger partial charge in [0.1, 0.15) is 0 Å². The van der Waals surface area contributed by atoms with Crippen molar-refractivity contribution in [2.45, 2.75) is 31.3 Å². The van der Waals surface area contributed by atoms with Gasteiger partial charge < -0.3 is 11.1 Å². The molecular formula is C12H19N3O3S. The number of rotatable bonds is 5. The van der Waals surface area contributed by atoms with Gasteiger partial charge in [0.2, 0.25) is 5.91 Å². The van der Waals surface area contributed by atoms with E-state index in [0.29, 0.717) is 18.0 Å². The van der Waals surface area contributed by atoms with Crippen LogP contribution >= 0.6 is 0 Å². The van der Waals surface area contributed by atoms with Gasteiger partial charge in [0, 0.05) is 6.26 Å². The fraction of sp³-hybridized carbons (Fsp3) is 0.500. The topological polar surface area (TPSA) is 102 Å². The maximum absolute atomic E-state index is 11.7. The molecule has 1 heterocycles. The van der Waals surface area contributed by atoms with E-state index in [1.54, 1.807) is 0 Å². The van der Waals surface area contributed by atoms with Crippen molar-refractivity contribution in [3.8, 4) is 0 Å². The Balaban J connectivity index is 2.71. The molecule has 6 nitrogen and oxygen atoms in total. The Labute approximate surface area is 113 Å². The number of carbonyl (C=O) groups is 1. The highest BCUT2D eigenvalue weighted by molar-refractivity contribution is 7.90. The lowest BCUT2D eigenvalue weighted by atomic mass is 10.0. The average Bonchev–Trinajstić information content (AvgIpc) is 2.27. The third-order valence-electron chi connectivity index (χ3n) is 2.45. The van der Waals surface area contributed by atoms with Gasteiger partial charge in [-0.2, -0.15) is 0 Å². The molecular weight excluding hydrogens is 266 g/mol. The van der Waals surface area contributed by atoms with Gasteiger partial charge in [0.05, 0.1) is 17.9 Å². The molecule has 0 aliphatic carbocycles. The van der Waals surface area contributed by atoms with Crippen molar-refractivity contribution in [3.05, 3.63) is 18.3 Å². The van der Waals surface area contributed by atoms with Crippen molar-refractivity contribution < 1.29 is 13.2 Å². The van der Waals surface area contributed by atoms with Crippen LogP contribution in [0, 0.1) is 5.92 Å². The smallest absolute Gasteiger partial charge is 0.241 e. The minimum absolute atomic E-state index is 0.0306. The third kappa shape index (κ3) is 4.96. The maximum Gasteiger partial charge on any atom is 0.241 e. The minimum atomic E-state index is -3.33. The van der Waals surface area contributed by atoms with Crippen LogP contribution in [0.1, 0.15) is 20.3 Å². The largest absolute Gasteiger partial charge is 0.323 e. The van der Waals surface area contributed by atoms with Gasteiger partial charge in [0.15, 0.2) is 14.9 Å². The molecule has 3 N–H and O–H groups in total. The molecule has 1 amide bonds. The summed E-state index contributed by atoms with van der Waals surface area (Å²) in [5, 5.41) is 2.57. The lowest BCUT2D eigenvalue weighted by Gasteiger charge is -2.14. The summed E-state index contributed by atoms with van der Waals surface area (Å²) >= 11 is 0. The van der Waals surface area contributed by atoms with Gasteiger partial charge in [-0.15, -0.1) is 0 Å². The molecule has 1 aromatic heterocycles. The number of hydrogen-bond donors (Lipinski definition) is 2. The van der Waals surface area contributed by atoms with Crippen LogP contribution in [0.3, 0.4) is 0 Å². The predicted octanol–water partition coefficient (Wildman–Crippen LogP) is 0.797. The number of carbonyl (C=O) groups excluding carboxylic acids is 1. The molecule has 0 saturated carbocycles. The summed E-state index contributed by atoms with van der Waals surface area (Å²) in [5.41, 5.74) is 6.16. The summed E-state index contributed by atoms with van der Waals surface area (Å²) in [4.78, 5) is 15.5. The fourth-order valence-corrected chi connectivity index (χ4v) is 2.08. The van der Waals surface area contributed by atoms with Gasteiger partial charge in [-0.25, -0.2) is 13.4 Å². The second-order valence-electron chi connectivity index (χ2n) is 4.88. The summed E-state index contributed by atoms with van der Waals surface area (Å²) in [7, 11) is -3.33. The first-order valence-electron chi connectivity index (χ1n) is 5.92. The molecule has 106 valence electrons. The van der Waals surface area contributed by atoms with Gasteiger partial charge in [-0.1, -0.05) is 13.8 Å². The number of pyridine rings is 1. The summed E-state index contributed by atoms with van der Waals surface area (Å²) in [6.45, 7) is 3.96. The quantitative estimate of drug-likeness (QED) is 0.833. The molecule has 19 heavy (non-hydrogen) atoms. The van der Waals surface area contributed by atoms with Crippen LogP contribution in [0.5, 0.6) is 0 Å². The second-order valence-corrected chi connectivity index (χ2v) is 6.85. The zero-order valence-corrected chi connectivity index (χ0v) is 12.1. The third-order valence-corrected chi connectivity index (χ3v) is 3.45. The van der Waals surface area contributed by atoms with Gasteiger partial charge >= 0.3 is 0 Å². The molecule has 1 rings (SSSR count). The highest BCUT2D eigenvalue weighted by atomic mass is 32.2. The normalized spacial score (nSPS) is 13.3. The predicted molar refractivity (Wildman–Crippen MR) is 73.4 cm³/mol. The molecule has 0 aliphatic heterocycles. The Bertz CT molecular complexity index is 538. The highest BCUT2D eigenvalue weighted by Crippen LogP contribution is 2.11. The van der Waals surface area contributed by atoms with Gasteiger partial charge in [0.25, 0.3) is 0 Å². The van der Waals surface area contributed by atoms with Crippen LogP contribution in [0.25, 0.3) is 0 Å². The van der Waals surface area contributed by atoms with Gasteiger partial charge in [-0.05, 0) is 24.5 Å². The minimum Gasteiger partial charge on any atom is -0.323 e. The molecule has 0 unspecified atom stereocenters. The fourth-order valence-electron chi connectivity index (χ4n) is 1.52. The van der Waals surface area contributed by atoms with E-state index >= 15 is 0 Å². The van der Waals surface area contributed by atoms with Gasteiger partial charge in [-0.3, -0.25) is 4.79 Å². The second kappa shape index (κ2) is 6.12. The van der Waals surface area contributed by atoms with Crippen molar-refractivity contribution in [1.82, 2.24) is 4.98 Å². The van der Waals surface area contributed by atoms with E-state index in [0.717, 1.165) is 6.26 Å².